The van der Waals surface area contributed by atoms with E-state index in [0.717, 1.165) is 18.6 Å². The number of aliphatic hydroxyl groups is 1. The quantitative estimate of drug-likeness (QED) is 0.520. The third-order valence-corrected chi connectivity index (χ3v) is 5.42. The Morgan fingerprint density at radius 2 is 1.77 bits per heavy atom. The van der Waals surface area contributed by atoms with E-state index in [1.54, 1.807) is 38.1 Å². The summed E-state index contributed by atoms with van der Waals surface area (Å²) in [5, 5.41) is 13.5. The smallest absolute Gasteiger partial charge is 0.245 e. The third kappa shape index (κ3) is 6.52. The SMILES string of the molecule is CCCC(C)COc1ccc([C@@H](NC(=O)[C@](C)(N)c2ccccc2F)C(C)(C)O)cc1. The molecule has 0 heterocycles. The lowest BCUT2D eigenvalue weighted by Gasteiger charge is -2.34. The normalized spacial score (nSPS) is 15.6. The van der Waals surface area contributed by atoms with Gasteiger partial charge in [0.2, 0.25) is 5.91 Å². The summed E-state index contributed by atoms with van der Waals surface area (Å²) in [5.74, 6) is 0.0518. The number of carbonyl (C=O) groups is 1. The maximum absolute atomic E-state index is 14.2. The summed E-state index contributed by atoms with van der Waals surface area (Å²) in [5.41, 5.74) is 4.12. The van der Waals surface area contributed by atoms with Crippen molar-refractivity contribution in [3.8, 4) is 5.75 Å². The topological polar surface area (TPSA) is 84.6 Å². The molecule has 0 saturated carbocycles. The molecule has 31 heavy (non-hydrogen) atoms. The second kappa shape index (κ2) is 10.2. The van der Waals surface area contributed by atoms with Crippen molar-refractivity contribution in [2.45, 2.75) is 64.6 Å². The molecule has 1 unspecified atom stereocenters. The number of amides is 1. The van der Waals surface area contributed by atoms with E-state index in [0.29, 0.717) is 18.1 Å². The van der Waals surface area contributed by atoms with E-state index in [2.05, 4.69) is 19.2 Å². The average Bonchev–Trinajstić information content (AvgIpc) is 2.70. The van der Waals surface area contributed by atoms with Crippen molar-refractivity contribution < 1.29 is 19.0 Å². The van der Waals surface area contributed by atoms with E-state index in [1.165, 1.54) is 19.1 Å². The molecule has 0 bridgehead atoms. The Morgan fingerprint density at radius 1 is 1.16 bits per heavy atom. The van der Waals surface area contributed by atoms with Gasteiger partial charge >= 0.3 is 0 Å². The lowest BCUT2D eigenvalue weighted by Crippen LogP contribution is -2.53. The fourth-order valence-electron chi connectivity index (χ4n) is 3.52. The monoisotopic (exact) mass is 430 g/mol. The number of ether oxygens (including phenoxy) is 1. The molecule has 0 fully saturated rings. The molecule has 4 N–H and O–H groups in total. The van der Waals surface area contributed by atoms with E-state index in [9.17, 15) is 14.3 Å². The first-order valence-corrected chi connectivity index (χ1v) is 10.8. The maximum Gasteiger partial charge on any atom is 0.245 e. The number of carbonyl (C=O) groups excluding carboxylic acids is 1. The molecule has 5 nitrogen and oxygen atoms in total. The fraction of sp³-hybridized carbons (Fsp3) is 0.480. The predicted octanol–water partition coefficient (Wildman–Crippen LogP) is 4.44. The molecular weight excluding hydrogens is 395 g/mol. The van der Waals surface area contributed by atoms with Gasteiger partial charge in [-0.05, 0) is 56.9 Å². The Bertz CT molecular complexity index is 860. The molecule has 0 radical (unpaired) electrons. The second-order valence-corrected chi connectivity index (χ2v) is 9.02. The molecule has 0 aliphatic rings. The summed E-state index contributed by atoms with van der Waals surface area (Å²) in [6.07, 6.45) is 2.22. The highest BCUT2D eigenvalue weighted by molar-refractivity contribution is 5.87. The lowest BCUT2D eigenvalue weighted by molar-refractivity contribution is -0.129. The number of halogens is 1. The number of rotatable bonds is 10. The van der Waals surface area contributed by atoms with Gasteiger partial charge in [0.15, 0.2) is 0 Å². The van der Waals surface area contributed by atoms with Gasteiger partial charge in [-0.2, -0.15) is 0 Å². The number of benzene rings is 2. The zero-order valence-corrected chi connectivity index (χ0v) is 19.1. The summed E-state index contributed by atoms with van der Waals surface area (Å²) in [7, 11) is 0. The van der Waals surface area contributed by atoms with Crippen LogP contribution >= 0.6 is 0 Å². The Morgan fingerprint density at radius 3 is 2.32 bits per heavy atom. The van der Waals surface area contributed by atoms with Crippen molar-refractivity contribution in [1.29, 1.82) is 0 Å². The highest BCUT2D eigenvalue weighted by atomic mass is 19.1. The van der Waals surface area contributed by atoms with Gasteiger partial charge < -0.3 is 20.9 Å². The van der Waals surface area contributed by atoms with Crippen LogP contribution < -0.4 is 15.8 Å². The standard InChI is InChI=1S/C25H35FN2O3/c1-6-9-17(2)16-31-19-14-12-18(13-15-19)22(24(3,4)30)28-23(29)25(5,27)20-10-7-8-11-21(20)26/h7-8,10-15,17,22,30H,6,9,16,27H2,1-5H3,(H,28,29)/t17?,22-,25-/m1/s1. The summed E-state index contributed by atoms with van der Waals surface area (Å²) >= 11 is 0. The van der Waals surface area contributed by atoms with Gasteiger partial charge in [-0.3, -0.25) is 4.79 Å². The zero-order valence-electron chi connectivity index (χ0n) is 19.1. The molecule has 0 saturated heterocycles. The highest BCUT2D eigenvalue weighted by Crippen LogP contribution is 2.29. The van der Waals surface area contributed by atoms with Gasteiger partial charge in [0.05, 0.1) is 18.2 Å². The average molecular weight is 431 g/mol. The molecule has 2 rings (SSSR count). The largest absolute Gasteiger partial charge is 0.493 e. The predicted molar refractivity (Wildman–Crippen MR) is 121 cm³/mol. The van der Waals surface area contributed by atoms with Crippen LogP contribution in [0.3, 0.4) is 0 Å². The summed E-state index contributed by atoms with van der Waals surface area (Å²) in [6.45, 7) is 9.59. The van der Waals surface area contributed by atoms with Crippen LogP contribution in [0.15, 0.2) is 48.5 Å². The zero-order chi connectivity index (χ0) is 23.2. The van der Waals surface area contributed by atoms with Crippen molar-refractivity contribution in [3.63, 3.8) is 0 Å². The number of hydrogen-bond acceptors (Lipinski definition) is 4. The molecule has 1 amide bonds. The van der Waals surface area contributed by atoms with E-state index in [4.69, 9.17) is 10.5 Å². The Labute approximate surface area is 184 Å². The maximum atomic E-state index is 14.2. The van der Waals surface area contributed by atoms with Crippen molar-refractivity contribution in [3.05, 3.63) is 65.5 Å². The van der Waals surface area contributed by atoms with Crippen LogP contribution in [-0.2, 0) is 10.3 Å². The van der Waals surface area contributed by atoms with E-state index < -0.39 is 28.9 Å². The summed E-state index contributed by atoms with van der Waals surface area (Å²) < 4.78 is 20.1. The first kappa shape index (κ1) is 24.8. The van der Waals surface area contributed by atoms with Gasteiger partial charge in [0.25, 0.3) is 0 Å². The van der Waals surface area contributed by atoms with E-state index in [-0.39, 0.29) is 5.56 Å². The first-order valence-electron chi connectivity index (χ1n) is 10.8. The molecule has 0 aliphatic carbocycles. The van der Waals surface area contributed by atoms with E-state index in [1.807, 2.05) is 12.1 Å². The molecule has 0 aromatic heterocycles. The van der Waals surface area contributed by atoms with Crippen LogP contribution in [0.5, 0.6) is 5.75 Å². The Balaban J connectivity index is 2.19. The molecule has 2 aromatic carbocycles. The molecular formula is C25H35FN2O3. The Hall–Kier alpha value is -2.44. The highest BCUT2D eigenvalue weighted by Gasteiger charge is 2.38. The second-order valence-electron chi connectivity index (χ2n) is 9.02. The third-order valence-electron chi connectivity index (χ3n) is 5.42. The Kier molecular flexibility index (Phi) is 8.21. The van der Waals surface area contributed by atoms with E-state index >= 15 is 0 Å². The number of nitrogens with one attached hydrogen (secondary N) is 1. The summed E-state index contributed by atoms with van der Waals surface area (Å²) in [6, 6.07) is 12.4. The molecule has 170 valence electrons. The van der Waals surface area contributed by atoms with Crippen molar-refractivity contribution >= 4 is 5.91 Å². The summed E-state index contributed by atoms with van der Waals surface area (Å²) in [4.78, 5) is 13.0. The van der Waals surface area contributed by atoms with Crippen molar-refractivity contribution in [2.24, 2.45) is 11.7 Å². The fourth-order valence-corrected chi connectivity index (χ4v) is 3.52. The minimum absolute atomic E-state index is 0.0898. The number of nitrogens with two attached hydrogens (primary N) is 1. The molecule has 0 aliphatic heterocycles. The molecule has 2 aromatic rings. The van der Waals surface area contributed by atoms with Gasteiger partial charge in [-0.25, -0.2) is 4.39 Å². The van der Waals surface area contributed by atoms with Crippen LogP contribution in [-0.4, -0.2) is 23.2 Å². The van der Waals surface area contributed by atoms with Gasteiger partial charge in [-0.15, -0.1) is 0 Å². The molecule has 6 heteroatoms. The molecule has 0 spiro atoms. The van der Waals surface area contributed by atoms with Gasteiger partial charge in [0, 0.05) is 5.56 Å². The number of hydrogen-bond donors (Lipinski definition) is 3. The van der Waals surface area contributed by atoms with Crippen molar-refractivity contribution in [2.75, 3.05) is 6.61 Å². The van der Waals surface area contributed by atoms with Crippen LogP contribution in [0.1, 0.15) is 64.6 Å². The van der Waals surface area contributed by atoms with Crippen LogP contribution in [0.2, 0.25) is 0 Å². The lowest BCUT2D eigenvalue weighted by atomic mass is 9.88. The van der Waals surface area contributed by atoms with Gasteiger partial charge in [0.1, 0.15) is 17.1 Å². The van der Waals surface area contributed by atoms with Gasteiger partial charge in [-0.1, -0.05) is 50.6 Å². The van der Waals surface area contributed by atoms with Crippen LogP contribution in [0.25, 0.3) is 0 Å². The minimum Gasteiger partial charge on any atom is -0.493 e. The first-order chi connectivity index (χ1) is 14.5. The minimum atomic E-state index is -1.60. The van der Waals surface area contributed by atoms with Crippen LogP contribution in [0.4, 0.5) is 4.39 Å². The van der Waals surface area contributed by atoms with Crippen LogP contribution in [0, 0.1) is 11.7 Å². The van der Waals surface area contributed by atoms with Crippen molar-refractivity contribution in [1.82, 2.24) is 5.32 Å². The molecule has 3 atom stereocenters.